The maximum absolute atomic E-state index is 12.0. The Kier molecular flexibility index (Phi) is 5.30. The van der Waals surface area contributed by atoms with Gasteiger partial charge >= 0.3 is 0 Å². The summed E-state index contributed by atoms with van der Waals surface area (Å²) in [6.07, 6.45) is 0. The van der Waals surface area contributed by atoms with Crippen molar-refractivity contribution >= 4 is 17.3 Å². The van der Waals surface area contributed by atoms with Crippen molar-refractivity contribution in [3.63, 3.8) is 0 Å². The lowest BCUT2D eigenvalue weighted by atomic mass is 10.0. The number of rotatable bonds is 6. The molecule has 0 saturated heterocycles. The number of aliphatic hydroxyl groups is 1. The molecule has 0 aliphatic carbocycles. The molecule has 0 heterocycles. The Morgan fingerprint density at radius 2 is 1.67 bits per heavy atom. The Morgan fingerprint density at radius 1 is 1.19 bits per heavy atom. The fraction of sp³-hybridized carbons (Fsp3) is 0.417. The number of nitro benzene ring substituents is 2. The minimum atomic E-state index is -0.810. The Balaban J connectivity index is 3.14. The van der Waals surface area contributed by atoms with E-state index >= 15 is 0 Å². The molecule has 0 saturated carbocycles. The molecule has 1 rings (SSSR count). The predicted octanol–water partition coefficient (Wildman–Crippen LogP) is 1.25. The third-order valence-electron chi connectivity index (χ3n) is 2.90. The van der Waals surface area contributed by atoms with Crippen LogP contribution < -0.4 is 5.32 Å². The molecule has 2 N–H and O–H groups in total. The molecule has 21 heavy (non-hydrogen) atoms. The molecule has 0 radical (unpaired) electrons. The second-order valence-electron chi connectivity index (χ2n) is 4.76. The highest BCUT2D eigenvalue weighted by Gasteiger charge is 2.22. The molecule has 1 aromatic carbocycles. The number of hydrogen-bond donors (Lipinski definition) is 2. The third kappa shape index (κ3) is 4.21. The highest BCUT2D eigenvalue weighted by Crippen LogP contribution is 2.22. The second-order valence-corrected chi connectivity index (χ2v) is 4.76. The van der Waals surface area contributed by atoms with Crippen LogP contribution in [0.2, 0.25) is 0 Å². The summed E-state index contributed by atoms with van der Waals surface area (Å²) < 4.78 is 0. The lowest BCUT2D eigenvalue weighted by Crippen LogP contribution is -2.41. The predicted molar refractivity (Wildman–Crippen MR) is 72.9 cm³/mol. The zero-order valence-corrected chi connectivity index (χ0v) is 11.5. The molecule has 9 nitrogen and oxygen atoms in total. The van der Waals surface area contributed by atoms with Gasteiger partial charge in [-0.3, -0.25) is 25.0 Å². The van der Waals surface area contributed by atoms with Gasteiger partial charge in [0.05, 0.1) is 34.1 Å². The van der Waals surface area contributed by atoms with Crippen LogP contribution in [0.4, 0.5) is 11.4 Å². The van der Waals surface area contributed by atoms with E-state index in [4.69, 9.17) is 5.11 Å². The van der Waals surface area contributed by atoms with Gasteiger partial charge in [0.1, 0.15) is 0 Å². The van der Waals surface area contributed by atoms with Crippen molar-refractivity contribution in [2.45, 2.75) is 19.9 Å². The highest BCUT2D eigenvalue weighted by molar-refractivity contribution is 5.95. The van der Waals surface area contributed by atoms with Crippen molar-refractivity contribution in [1.82, 2.24) is 5.32 Å². The Bertz CT molecular complexity index is 540. The SMILES string of the molecule is CC(C)C(CO)NC(=O)c1cc([N+](=O)[O-])cc([N+](=O)[O-])c1. The van der Waals surface area contributed by atoms with Crippen molar-refractivity contribution in [3.05, 3.63) is 44.0 Å². The van der Waals surface area contributed by atoms with E-state index in [0.29, 0.717) is 0 Å². The Morgan fingerprint density at radius 3 is 2.00 bits per heavy atom. The smallest absolute Gasteiger partial charge is 0.277 e. The van der Waals surface area contributed by atoms with Crippen LogP contribution in [-0.4, -0.2) is 33.5 Å². The zero-order valence-electron chi connectivity index (χ0n) is 11.5. The molecule has 0 spiro atoms. The van der Waals surface area contributed by atoms with Gasteiger partial charge in [0.15, 0.2) is 0 Å². The summed E-state index contributed by atoms with van der Waals surface area (Å²) in [4.78, 5) is 31.9. The largest absolute Gasteiger partial charge is 0.394 e. The highest BCUT2D eigenvalue weighted by atomic mass is 16.6. The summed E-state index contributed by atoms with van der Waals surface area (Å²) in [6.45, 7) is 3.24. The molecule has 1 unspecified atom stereocenters. The fourth-order valence-corrected chi connectivity index (χ4v) is 1.61. The van der Waals surface area contributed by atoms with Gasteiger partial charge < -0.3 is 10.4 Å². The number of carbonyl (C=O) groups excluding carboxylic acids is 1. The van der Waals surface area contributed by atoms with Crippen LogP contribution in [0.1, 0.15) is 24.2 Å². The van der Waals surface area contributed by atoms with E-state index in [1.807, 2.05) is 0 Å². The summed E-state index contributed by atoms with van der Waals surface area (Å²) in [5.74, 6) is -0.776. The first-order chi connectivity index (χ1) is 9.76. The molecule has 1 amide bonds. The van der Waals surface area contributed by atoms with Crippen LogP contribution in [0.5, 0.6) is 0 Å². The van der Waals surface area contributed by atoms with E-state index in [0.717, 1.165) is 18.2 Å². The average molecular weight is 297 g/mol. The molecule has 0 fully saturated rings. The monoisotopic (exact) mass is 297 g/mol. The molecule has 0 aliphatic rings. The van der Waals surface area contributed by atoms with Crippen molar-refractivity contribution < 1.29 is 19.7 Å². The lowest BCUT2D eigenvalue weighted by molar-refractivity contribution is -0.394. The topological polar surface area (TPSA) is 136 Å². The summed E-state index contributed by atoms with van der Waals surface area (Å²) in [6, 6.07) is 2.15. The number of non-ortho nitro benzene ring substituents is 2. The maximum Gasteiger partial charge on any atom is 0.277 e. The van der Waals surface area contributed by atoms with Crippen molar-refractivity contribution in [3.8, 4) is 0 Å². The summed E-state index contributed by atoms with van der Waals surface area (Å²) in [7, 11) is 0. The van der Waals surface area contributed by atoms with Gasteiger partial charge in [-0.15, -0.1) is 0 Å². The average Bonchev–Trinajstić information content (AvgIpc) is 2.43. The number of nitrogens with zero attached hydrogens (tertiary/aromatic N) is 2. The summed E-state index contributed by atoms with van der Waals surface area (Å²) >= 11 is 0. The molecule has 0 bridgehead atoms. The van der Waals surface area contributed by atoms with Crippen LogP contribution in [0.25, 0.3) is 0 Å². The van der Waals surface area contributed by atoms with Gasteiger partial charge in [-0.25, -0.2) is 0 Å². The molecule has 1 aromatic rings. The molecule has 0 aromatic heterocycles. The molecular weight excluding hydrogens is 282 g/mol. The second kappa shape index (κ2) is 6.75. The number of amides is 1. The number of benzene rings is 1. The summed E-state index contributed by atoms with van der Waals surface area (Å²) in [5.41, 5.74) is -1.28. The molecule has 1 atom stereocenters. The van der Waals surface area contributed by atoms with Gasteiger partial charge in [-0.2, -0.15) is 0 Å². The first kappa shape index (κ1) is 16.5. The zero-order chi connectivity index (χ0) is 16.2. The number of nitro groups is 2. The van der Waals surface area contributed by atoms with E-state index in [1.165, 1.54) is 0 Å². The van der Waals surface area contributed by atoms with Crippen molar-refractivity contribution in [1.29, 1.82) is 0 Å². The van der Waals surface area contributed by atoms with E-state index in [9.17, 15) is 25.0 Å². The van der Waals surface area contributed by atoms with Gasteiger partial charge in [0.25, 0.3) is 17.3 Å². The lowest BCUT2D eigenvalue weighted by Gasteiger charge is -2.19. The first-order valence-corrected chi connectivity index (χ1v) is 6.11. The van der Waals surface area contributed by atoms with Crippen molar-refractivity contribution in [2.24, 2.45) is 5.92 Å². The van der Waals surface area contributed by atoms with Crippen LogP contribution in [0.3, 0.4) is 0 Å². The molecule has 9 heteroatoms. The number of aliphatic hydroxyl groups excluding tert-OH is 1. The Labute approximate surface area is 119 Å². The first-order valence-electron chi connectivity index (χ1n) is 6.11. The van der Waals surface area contributed by atoms with E-state index < -0.39 is 33.2 Å². The standard InChI is InChI=1S/C12H15N3O6/c1-7(2)11(6-16)13-12(17)8-3-9(14(18)19)5-10(4-8)15(20)21/h3-5,7,11,16H,6H2,1-2H3,(H,13,17). The van der Waals surface area contributed by atoms with Crippen LogP contribution in [0, 0.1) is 26.1 Å². The normalized spacial score (nSPS) is 12.0. The van der Waals surface area contributed by atoms with E-state index in [1.54, 1.807) is 13.8 Å². The van der Waals surface area contributed by atoms with E-state index in [-0.39, 0.29) is 18.1 Å². The molecule has 114 valence electrons. The van der Waals surface area contributed by atoms with Gasteiger partial charge in [0.2, 0.25) is 0 Å². The quantitative estimate of drug-likeness (QED) is 0.599. The van der Waals surface area contributed by atoms with Crippen LogP contribution in [0.15, 0.2) is 18.2 Å². The van der Waals surface area contributed by atoms with Crippen LogP contribution in [-0.2, 0) is 0 Å². The Hall–Kier alpha value is -2.55. The van der Waals surface area contributed by atoms with Crippen molar-refractivity contribution in [2.75, 3.05) is 6.61 Å². The minimum Gasteiger partial charge on any atom is -0.394 e. The third-order valence-corrected chi connectivity index (χ3v) is 2.90. The van der Waals surface area contributed by atoms with Gasteiger partial charge in [-0.1, -0.05) is 13.8 Å². The van der Waals surface area contributed by atoms with E-state index in [2.05, 4.69) is 5.32 Å². The number of hydrogen-bond acceptors (Lipinski definition) is 6. The van der Waals surface area contributed by atoms with Gasteiger partial charge in [-0.05, 0) is 5.92 Å². The molecule has 0 aliphatic heterocycles. The van der Waals surface area contributed by atoms with Gasteiger partial charge in [0, 0.05) is 12.1 Å². The number of nitrogens with one attached hydrogen (secondary N) is 1. The summed E-state index contributed by atoms with van der Waals surface area (Å²) in [5, 5.41) is 33.1. The molecular formula is C12H15N3O6. The minimum absolute atomic E-state index is 0.0624. The van der Waals surface area contributed by atoms with Crippen LogP contribution >= 0.6 is 0 Å². The fourth-order valence-electron chi connectivity index (χ4n) is 1.61. The number of carbonyl (C=O) groups is 1. The maximum atomic E-state index is 12.0.